The summed E-state index contributed by atoms with van der Waals surface area (Å²) in [7, 11) is -0.291. The van der Waals surface area contributed by atoms with Crippen LogP contribution in [0, 0.1) is 18.3 Å². The number of ether oxygens (including phenoxy) is 2. The molecule has 2 N–H and O–H groups in total. The Morgan fingerprint density at radius 2 is 1.93 bits per heavy atom. The Hall–Kier alpha value is -3.37. The van der Waals surface area contributed by atoms with Crippen LogP contribution in [0.5, 0.6) is 5.75 Å². The van der Waals surface area contributed by atoms with Gasteiger partial charge in [-0.3, -0.25) is 9.47 Å². The predicted molar refractivity (Wildman–Crippen MR) is 145 cm³/mol. The number of rotatable bonds is 8. The van der Waals surface area contributed by atoms with Crippen molar-refractivity contribution < 1.29 is 37.7 Å². The third kappa shape index (κ3) is 5.10. The molecule has 3 aromatic rings. The maximum absolute atomic E-state index is 15.3. The van der Waals surface area contributed by atoms with E-state index < -0.39 is 37.7 Å². The maximum Gasteiger partial charge on any atom is 0.436 e. The van der Waals surface area contributed by atoms with Crippen molar-refractivity contribution in [2.45, 2.75) is 57.1 Å². The second-order valence-corrected chi connectivity index (χ2v) is 16.8. The summed E-state index contributed by atoms with van der Waals surface area (Å²) in [5.41, 5.74) is -2.58. The molecule has 8 nitrogen and oxygen atoms in total. The van der Waals surface area contributed by atoms with Gasteiger partial charge in [0.1, 0.15) is 5.75 Å². The van der Waals surface area contributed by atoms with Crippen molar-refractivity contribution in [3.63, 3.8) is 0 Å². The van der Waals surface area contributed by atoms with E-state index in [1.807, 2.05) is 6.07 Å². The van der Waals surface area contributed by atoms with Crippen molar-refractivity contribution in [1.29, 1.82) is 5.26 Å². The van der Waals surface area contributed by atoms with Crippen molar-refractivity contribution in [2.75, 3.05) is 20.3 Å². The number of fused-ring (bicyclic) bond motifs is 2. The molecule has 0 fully saturated rings. The highest BCUT2D eigenvalue weighted by Crippen LogP contribution is 2.54. The average Bonchev–Trinajstić information content (AvgIpc) is 3.47. The quantitative estimate of drug-likeness (QED) is 0.252. The van der Waals surface area contributed by atoms with Crippen molar-refractivity contribution in [1.82, 2.24) is 9.47 Å². The lowest BCUT2D eigenvalue weighted by Crippen LogP contribution is -2.56. The summed E-state index contributed by atoms with van der Waals surface area (Å²) in [6, 6.07) is 8.94. The monoisotopic (exact) mass is 575 g/mol. The van der Waals surface area contributed by atoms with Gasteiger partial charge in [-0.25, -0.2) is 4.79 Å². The molecule has 0 aliphatic carbocycles. The third-order valence-electron chi connectivity index (χ3n) is 7.33. The molecule has 2 unspecified atom stereocenters. The fraction of sp³-hybridized carbons (Fsp3) is 0.429. The van der Waals surface area contributed by atoms with Gasteiger partial charge < -0.3 is 19.7 Å². The van der Waals surface area contributed by atoms with Crippen LogP contribution in [0.3, 0.4) is 0 Å². The number of nitrogens with zero attached hydrogens (tertiary/aromatic N) is 3. The van der Waals surface area contributed by atoms with Crippen molar-refractivity contribution in [3.8, 4) is 11.8 Å². The van der Waals surface area contributed by atoms with Crippen LogP contribution < -0.4 is 4.74 Å². The van der Waals surface area contributed by atoms with E-state index in [-0.39, 0.29) is 35.4 Å². The summed E-state index contributed by atoms with van der Waals surface area (Å²) >= 11 is 0. The van der Waals surface area contributed by atoms with Crippen molar-refractivity contribution in [3.05, 3.63) is 64.3 Å². The van der Waals surface area contributed by atoms with E-state index in [4.69, 9.17) is 9.47 Å². The fourth-order valence-corrected chi connectivity index (χ4v) is 6.06. The largest absolute Gasteiger partial charge is 0.496 e. The highest BCUT2D eigenvalue weighted by Gasteiger charge is 2.64. The first kappa shape index (κ1) is 29.6. The van der Waals surface area contributed by atoms with Gasteiger partial charge in [0.25, 0.3) is 0 Å². The zero-order valence-electron chi connectivity index (χ0n) is 23.0. The number of halogens is 3. The van der Waals surface area contributed by atoms with Crippen LogP contribution in [-0.2, 0) is 17.0 Å². The molecule has 40 heavy (non-hydrogen) atoms. The molecule has 0 saturated heterocycles. The molecule has 0 amide bonds. The number of nitriles is 1. The molecule has 2 atom stereocenters. The van der Waals surface area contributed by atoms with E-state index in [9.17, 15) is 20.3 Å². The highest BCUT2D eigenvalue weighted by molar-refractivity contribution is 6.76. The van der Waals surface area contributed by atoms with Crippen LogP contribution in [0.15, 0.2) is 36.5 Å². The summed E-state index contributed by atoms with van der Waals surface area (Å²) in [5, 5.41) is 31.0. The molecule has 1 aliphatic heterocycles. The first-order chi connectivity index (χ1) is 18.6. The number of aryl methyl sites for hydroxylation is 1. The SMILES string of the molecule is COc1cc(C)c2c(ccn2C(=O)O)c1C(O)(N1Cc2ccc(C#N)cc2C1COCC[Si](C)(C)C)C(F)(F)F. The van der Waals surface area contributed by atoms with Gasteiger partial charge in [0, 0.05) is 32.8 Å². The Bertz CT molecular complexity index is 1490. The zero-order chi connectivity index (χ0) is 29.6. The Morgan fingerprint density at radius 3 is 2.50 bits per heavy atom. The van der Waals surface area contributed by atoms with Gasteiger partial charge in [0.15, 0.2) is 0 Å². The van der Waals surface area contributed by atoms with Crippen LogP contribution in [-0.4, -0.2) is 60.3 Å². The lowest BCUT2D eigenvalue weighted by atomic mass is 9.92. The summed E-state index contributed by atoms with van der Waals surface area (Å²) < 4.78 is 58.0. The summed E-state index contributed by atoms with van der Waals surface area (Å²) in [4.78, 5) is 12.8. The molecule has 2 aromatic carbocycles. The van der Waals surface area contributed by atoms with Gasteiger partial charge in [-0.05, 0) is 53.9 Å². The summed E-state index contributed by atoms with van der Waals surface area (Å²) in [6.45, 7) is 7.94. The number of methoxy groups -OCH3 is 1. The van der Waals surface area contributed by atoms with E-state index in [1.165, 1.54) is 31.4 Å². The standard InChI is InChI=1S/C28H32F3N3O5Si/c1-17-12-23(38-2)24(20-8-9-33(25(17)20)26(35)36)27(37,28(29,30)31)34-15-19-7-6-18(14-32)13-21(19)22(34)16-39-10-11-40(3,4)5/h6-9,12-13,22,37H,10-11,15-16H2,1-5H3,(H,35,36). The van der Waals surface area contributed by atoms with Crippen LogP contribution in [0.2, 0.25) is 25.7 Å². The van der Waals surface area contributed by atoms with Gasteiger partial charge >= 0.3 is 12.3 Å². The van der Waals surface area contributed by atoms with Gasteiger partial charge in [-0.15, -0.1) is 0 Å². The van der Waals surface area contributed by atoms with Gasteiger partial charge in [0.2, 0.25) is 5.72 Å². The number of hydrogen-bond acceptors (Lipinski definition) is 6. The molecular formula is C28H32F3N3O5Si. The highest BCUT2D eigenvalue weighted by atomic mass is 28.3. The molecule has 214 valence electrons. The molecule has 1 aliphatic rings. The summed E-state index contributed by atoms with van der Waals surface area (Å²) in [6.07, 6.45) is -5.48. The second-order valence-electron chi connectivity index (χ2n) is 11.2. The third-order valence-corrected chi connectivity index (χ3v) is 9.04. The van der Waals surface area contributed by atoms with E-state index in [0.717, 1.165) is 21.7 Å². The van der Waals surface area contributed by atoms with Crippen LogP contribution in [0.1, 0.15) is 33.9 Å². The molecule has 0 bridgehead atoms. The number of aliphatic hydroxyl groups is 1. The fourth-order valence-electron chi connectivity index (χ4n) is 5.31. The van der Waals surface area contributed by atoms with Crippen molar-refractivity contribution >= 4 is 25.1 Å². The van der Waals surface area contributed by atoms with E-state index in [1.54, 1.807) is 13.0 Å². The Balaban J connectivity index is 1.94. The minimum atomic E-state index is -5.25. The van der Waals surface area contributed by atoms with Gasteiger partial charge in [0.05, 0.1) is 42.5 Å². The van der Waals surface area contributed by atoms with E-state index >= 15 is 13.2 Å². The minimum Gasteiger partial charge on any atom is -0.496 e. The molecule has 0 radical (unpaired) electrons. The van der Waals surface area contributed by atoms with Crippen LogP contribution >= 0.6 is 0 Å². The molecule has 4 rings (SSSR count). The molecule has 2 heterocycles. The molecule has 1 aromatic heterocycles. The minimum absolute atomic E-state index is 0.0115. The van der Waals surface area contributed by atoms with Crippen molar-refractivity contribution in [2.24, 2.45) is 0 Å². The average molecular weight is 576 g/mol. The van der Waals surface area contributed by atoms with E-state index in [2.05, 4.69) is 19.6 Å². The first-order valence-corrected chi connectivity index (χ1v) is 16.4. The number of benzene rings is 2. The van der Waals surface area contributed by atoms with Crippen LogP contribution in [0.4, 0.5) is 18.0 Å². The number of aromatic nitrogens is 1. The smallest absolute Gasteiger partial charge is 0.436 e. The zero-order valence-corrected chi connectivity index (χ0v) is 24.0. The lowest BCUT2D eigenvalue weighted by Gasteiger charge is -2.43. The lowest BCUT2D eigenvalue weighted by molar-refractivity contribution is -0.334. The maximum atomic E-state index is 15.3. The van der Waals surface area contributed by atoms with E-state index in [0.29, 0.717) is 23.3 Å². The van der Waals surface area contributed by atoms with Gasteiger partial charge in [-0.1, -0.05) is 25.7 Å². The Labute approximate surface area is 231 Å². The molecule has 0 spiro atoms. The molecule has 12 heteroatoms. The molecular weight excluding hydrogens is 543 g/mol. The number of carboxylic acid groups (broad SMARTS) is 1. The Morgan fingerprint density at radius 1 is 1.23 bits per heavy atom. The van der Waals surface area contributed by atoms with Crippen LogP contribution in [0.25, 0.3) is 10.9 Å². The Kier molecular flexibility index (Phi) is 7.81. The topological polar surface area (TPSA) is 108 Å². The summed E-state index contributed by atoms with van der Waals surface area (Å²) in [5.74, 6) is -0.236. The van der Waals surface area contributed by atoms with Gasteiger partial charge in [-0.2, -0.15) is 18.4 Å². The first-order valence-electron chi connectivity index (χ1n) is 12.7. The molecule has 0 saturated carbocycles. The number of hydrogen-bond donors (Lipinski definition) is 2. The second kappa shape index (κ2) is 10.6. The number of carbonyl (C=O) groups is 1. The normalized spacial score (nSPS) is 17.4. The number of alkyl halides is 3. The predicted octanol–water partition coefficient (Wildman–Crippen LogP) is 5.98.